The van der Waals surface area contributed by atoms with Crippen molar-refractivity contribution in [2.45, 2.75) is 30.9 Å². The zero-order chi connectivity index (χ0) is 20.4. The van der Waals surface area contributed by atoms with Crippen LogP contribution in [0.1, 0.15) is 39.4 Å². The number of rotatable bonds is 4. The van der Waals surface area contributed by atoms with E-state index in [0.717, 1.165) is 25.9 Å². The van der Waals surface area contributed by atoms with E-state index in [1.807, 2.05) is 18.2 Å². The van der Waals surface area contributed by atoms with Gasteiger partial charge in [-0.3, -0.25) is 14.3 Å². The summed E-state index contributed by atoms with van der Waals surface area (Å²) in [5, 5.41) is 19.8. The minimum atomic E-state index is -0.725. The predicted octanol–water partition coefficient (Wildman–Crippen LogP) is 0.381. The van der Waals surface area contributed by atoms with E-state index in [2.05, 4.69) is 39.8 Å². The number of nitrogens with one attached hydrogen (secondary N) is 2. The highest BCUT2D eigenvalue weighted by Crippen LogP contribution is 2.34. The number of hydrogen-bond acceptors (Lipinski definition) is 5. The van der Waals surface area contributed by atoms with Gasteiger partial charge in [0.2, 0.25) is 0 Å². The first-order chi connectivity index (χ1) is 14.0. The van der Waals surface area contributed by atoms with Crippen LogP contribution < -0.4 is 10.6 Å². The molecule has 2 amide bonds. The maximum Gasteiger partial charge on any atom is 0.271 e. The Balaban J connectivity index is 1.51. The first-order valence-electron chi connectivity index (χ1n) is 10.0. The molecular formula is C21H27N5O3. The van der Waals surface area contributed by atoms with Gasteiger partial charge < -0.3 is 20.6 Å². The van der Waals surface area contributed by atoms with E-state index in [4.69, 9.17) is 0 Å². The standard InChI is InChI=1S/C21H27N5O3/c1-25-9-7-21(8-10-25,15-5-3-2-4-6-15)14-23-19(28)17-11-18-20(29)22-12-16(27)13-26(18)24-17/h2-6,11,16,27H,7-10,12-14H2,1H3,(H,22,29)(H,23,28)/t16-/m1/s1. The molecule has 3 N–H and O–H groups in total. The first kappa shape index (κ1) is 19.6. The first-order valence-corrected chi connectivity index (χ1v) is 10.0. The average Bonchev–Trinajstić information content (AvgIpc) is 3.11. The second-order valence-corrected chi connectivity index (χ2v) is 8.09. The third-order valence-corrected chi connectivity index (χ3v) is 6.04. The maximum atomic E-state index is 12.8. The number of nitrogens with zero attached hydrogens (tertiary/aromatic N) is 3. The highest BCUT2D eigenvalue weighted by atomic mass is 16.3. The third kappa shape index (κ3) is 4.04. The molecule has 2 aromatic rings. The monoisotopic (exact) mass is 397 g/mol. The number of aromatic nitrogens is 2. The van der Waals surface area contributed by atoms with Crippen molar-refractivity contribution >= 4 is 11.8 Å². The molecule has 0 aliphatic carbocycles. The second-order valence-electron chi connectivity index (χ2n) is 8.09. The van der Waals surface area contributed by atoms with Gasteiger partial charge in [-0.2, -0.15) is 5.10 Å². The maximum absolute atomic E-state index is 12.8. The van der Waals surface area contributed by atoms with Gasteiger partial charge in [-0.15, -0.1) is 0 Å². The van der Waals surface area contributed by atoms with E-state index < -0.39 is 6.10 Å². The lowest BCUT2D eigenvalue weighted by atomic mass is 9.72. The van der Waals surface area contributed by atoms with E-state index in [-0.39, 0.29) is 36.0 Å². The Bertz CT molecular complexity index is 887. The van der Waals surface area contributed by atoms with Gasteiger partial charge in [0, 0.05) is 24.6 Å². The number of carbonyl (C=O) groups is 2. The number of amides is 2. The van der Waals surface area contributed by atoms with E-state index in [9.17, 15) is 14.7 Å². The number of aliphatic hydroxyl groups is 1. The van der Waals surface area contributed by atoms with Crippen LogP contribution in [0, 0.1) is 0 Å². The molecule has 1 fully saturated rings. The molecule has 8 heteroatoms. The van der Waals surface area contributed by atoms with Crippen LogP contribution in [-0.2, 0) is 12.0 Å². The summed E-state index contributed by atoms with van der Waals surface area (Å²) in [7, 11) is 2.12. The number of likely N-dealkylation sites (tertiary alicyclic amines) is 1. The lowest BCUT2D eigenvalue weighted by molar-refractivity contribution is 0.0920. The van der Waals surface area contributed by atoms with Crippen molar-refractivity contribution in [3.05, 3.63) is 53.3 Å². The van der Waals surface area contributed by atoms with Gasteiger partial charge in [0.1, 0.15) is 5.69 Å². The molecule has 4 rings (SSSR count). The van der Waals surface area contributed by atoms with Gasteiger partial charge in [0.05, 0.1) is 12.6 Å². The number of benzene rings is 1. The molecule has 0 radical (unpaired) electrons. The molecule has 0 spiro atoms. The highest BCUT2D eigenvalue weighted by Gasteiger charge is 2.36. The SMILES string of the molecule is CN1CCC(CNC(=O)c2cc3n(n2)C[C@H](O)CNC3=O)(c2ccccc2)CC1. The molecule has 2 aliphatic rings. The van der Waals surface area contributed by atoms with Gasteiger partial charge in [0.15, 0.2) is 5.69 Å². The van der Waals surface area contributed by atoms with Gasteiger partial charge in [0.25, 0.3) is 11.8 Å². The van der Waals surface area contributed by atoms with E-state index in [1.165, 1.54) is 16.3 Å². The van der Waals surface area contributed by atoms with E-state index >= 15 is 0 Å². The van der Waals surface area contributed by atoms with Crippen molar-refractivity contribution < 1.29 is 14.7 Å². The molecule has 8 nitrogen and oxygen atoms in total. The lowest BCUT2D eigenvalue weighted by Crippen LogP contribution is -2.48. The number of fused-ring (bicyclic) bond motifs is 1. The average molecular weight is 397 g/mol. The minimum Gasteiger partial charge on any atom is -0.389 e. The van der Waals surface area contributed by atoms with Crippen molar-refractivity contribution in [3.63, 3.8) is 0 Å². The summed E-state index contributed by atoms with van der Waals surface area (Å²) in [6.45, 7) is 2.82. The Morgan fingerprint density at radius 2 is 2.03 bits per heavy atom. The van der Waals surface area contributed by atoms with Gasteiger partial charge in [-0.25, -0.2) is 0 Å². The fourth-order valence-corrected chi connectivity index (χ4v) is 4.16. The molecule has 1 aromatic heterocycles. The summed E-state index contributed by atoms with van der Waals surface area (Å²) in [5.74, 6) is -0.633. The predicted molar refractivity (Wildman–Crippen MR) is 108 cm³/mol. The topological polar surface area (TPSA) is 99.5 Å². The number of β-amino-alcohol motifs (C(OH)–C–C–N with tert-alkyl or cyclic N) is 1. The van der Waals surface area contributed by atoms with Gasteiger partial charge in [-0.1, -0.05) is 30.3 Å². The molecule has 3 heterocycles. The quantitative estimate of drug-likeness (QED) is 0.693. The van der Waals surface area contributed by atoms with Crippen molar-refractivity contribution in [1.29, 1.82) is 0 Å². The van der Waals surface area contributed by atoms with Gasteiger partial charge >= 0.3 is 0 Å². The minimum absolute atomic E-state index is 0.117. The number of piperidine rings is 1. The molecule has 0 unspecified atom stereocenters. The van der Waals surface area contributed by atoms with Crippen LogP contribution in [-0.4, -0.2) is 70.9 Å². The van der Waals surface area contributed by atoms with Crippen LogP contribution in [0.25, 0.3) is 0 Å². The number of hydrogen-bond donors (Lipinski definition) is 3. The molecule has 1 atom stereocenters. The summed E-state index contributed by atoms with van der Waals surface area (Å²) in [6.07, 6.45) is 1.20. The lowest BCUT2D eigenvalue weighted by Gasteiger charge is -2.41. The van der Waals surface area contributed by atoms with Crippen LogP contribution >= 0.6 is 0 Å². The van der Waals surface area contributed by atoms with E-state index in [1.54, 1.807) is 0 Å². The molecule has 1 aromatic carbocycles. The summed E-state index contributed by atoms with van der Waals surface area (Å²) in [6, 6.07) is 11.8. The van der Waals surface area contributed by atoms with Crippen molar-refractivity contribution in [2.24, 2.45) is 0 Å². The zero-order valence-electron chi connectivity index (χ0n) is 16.6. The van der Waals surface area contributed by atoms with Crippen molar-refractivity contribution in [3.8, 4) is 0 Å². The fraction of sp³-hybridized carbons (Fsp3) is 0.476. The fourth-order valence-electron chi connectivity index (χ4n) is 4.16. The van der Waals surface area contributed by atoms with Crippen LogP contribution in [0.4, 0.5) is 0 Å². The van der Waals surface area contributed by atoms with Crippen LogP contribution in [0.3, 0.4) is 0 Å². The number of aliphatic hydroxyl groups excluding tert-OH is 1. The molecule has 0 saturated carbocycles. The van der Waals surface area contributed by atoms with Gasteiger partial charge in [-0.05, 0) is 38.5 Å². The molecule has 2 aliphatic heterocycles. The normalized spacial score (nSPS) is 21.7. The summed E-state index contributed by atoms with van der Waals surface area (Å²) >= 11 is 0. The number of carbonyl (C=O) groups excluding carboxylic acids is 2. The third-order valence-electron chi connectivity index (χ3n) is 6.04. The largest absolute Gasteiger partial charge is 0.389 e. The summed E-state index contributed by atoms with van der Waals surface area (Å²) < 4.78 is 1.41. The van der Waals surface area contributed by atoms with Crippen LogP contribution in [0.15, 0.2) is 36.4 Å². The zero-order valence-corrected chi connectivity index (χ0v) is 16.6. The Hall–Kier alpha value is -2.71. The molecule has 154 valence electrons. The van der Waals surface area contributed by atoms with Crippen molar-refractivity contribution in [1.82, 2.24) is 25.3 Å². The Morgan fingerprint density at radius 3 is 2.76 bits per heavy atom. The second kappa shape index (κ2) is 7.96. The summed E-state index contributed by atoms with van der Waals surface area (Å²) in [4.78, 5) is 27.3. The molecule has 1 saturated heterocycles. The Kier molecular flexibility index (Phi) is 5.38. The van der Waals surface area contributed by atoms with Crippen LogP contribution in [0.2, 0.25) is 0 Å². The molecule has 0 bridgehead atoms. The Morgan fingerprint density at radius 1 is 1.31 bits per heavy atom. The van der Waals surface area contributed by atoms with E-state index in [0.29, 0.717) is 12.2 Å². The Labute approximate surface area is 169 Å². The summed E-state index contributed by atoms with van der Waals surface area (Å²) in [5.41, 5.74) is 1.61. The van der Waals surface area contributed by atoms with Crippen LogP contribution in [0.5, 0.6) is 0 Å². The molecule has 29 heavy (non-hydrogen) atoms. The van der Waals surface area contributed by atoms with Crippen molar-refractivity contribution in [2.75, 3.05) is 33.2 Å². The smallest absolute Gasteiger partial charge is 0.271 e. The molecular weight excluding hydrogens is 370 g/mol. The highest BCUT2D eigenvalue weighted by molar-refractivity contribution is 5.98.